The summed E-state index contributed by atoms with van der Waals surface area (Å²) in [7, 11) is 0. The maximum atomic E-state index is 8.39. The number of nitriles is 1. The minimum Gasteiger partial charge on any atom is -0.478 e. The summed E-state index contributed by atoms with van der Waals surface area (Å²) < 4.78 is 6.25. The molecule has 0 unspecified atom stereocenters. The summed E-state index contributed by atoms with van der Waals surface area (Å²) in [6.45, 7) is 0.637. The normalized spacial score (nSPS) is 9.50. The van der Waals surface area contributed by atoms with E-state index in [1.54, 1.807) is 0 Å². The molecule has 1 rings (SSSR count). The van der Waals surface area contributed by atoms with Crippen molar-refractivity contribution in [2.75, 3.05) is 13.2 Å². The molecular formula is C10H11BrN2O. The van der Waals surface area contributed by atoms with Gasteiger partial charge in [-0.3, -0.25) is 0 Å². The van der Waals surface area contributed by atoms with Crippen LogP contribution >= 0.6 is 15.9 Å². The van der Waals surface area contributed by atoms with Crippen molar-refractivity contribution < 1.29 is 4.74 Å². The first-order valence-electron chi connectivity index (χ1n) is 4.26. The first kappa shape index (κ1) is 11.0. The first-order valence-corrected chi connectivity index (χ1v) is 5.05. The standard InChI is InChI=1S/C10H11BrN2O/c11-9-1-2-10(14-6-5-13)8(7-9)3-4-12/h1-2,7H,3-4,6,12H2. The van der Waals surface area contributed by atoms with Crippen molar-refractivity contribution in [3.05, 3.63) is 28.2 Å². The fourth-order valence-corrected chi connectivity index (χ4v) is 1.56. The molecule has 0 fully saturated rings. The van der Waals surface area contributed by atoms with Crippen LogP contribution in [0.4, 0.5) is 0 Å². The predicted molar refractivity (Wildman–Crippen MR) is 58.0 cm³/mol. The second-order valence-corrected chi connectivity index (χ2v) is 3.65. The number of rotatable bonds is 4. The van der Waals surface area contributed by atoms with Gasteiger partial charge in [0.1, 0.15) is 11.8 Å². The molecule has 1 aromatic rings. The van der Waals surface area contributed by atoms with Crippen molar-refractivity contribution in [2.24, 2.45) is 5.73 Å². The van der Waals surface area contributed by atoms with E-state index in [1.807, 2.05) is 24.3 Å². The average Bonchev–Trinajstić information content (AvgIpc) is 2.17. The van der Waals surface area contributed by atoms with Crippen LogP contribution in [0, 0.1) is 11.3 Å². The van der Waals surface area contributed by atoms with E-state index in [-0.39, 0.29) is 6.61 Å². The Hall–Kier alpha value is -1.05. The summed E-state index contributed by atoms with van der Waals surface area (Å²) in [4.78, 5) is 0. The van der Waals surface area contributed by atoms with Gasteiger partial charge in [0.15, 0.2) is 6.61 Å². The number of hydrogen-bond donors (Lipinski definition) is 1. The molecule has 0 saturated heterocycles. The van der Waals surface area contributed by atoms with Crippen LogP contribution in [0.1, 0.15) is 5.56 Å². The molecule has 0 bridgehead atoms. The molecule has 0 atom stereocenters. The third-order valence-electron chi connectivity index (χ3n) is 1.73. The topological polar surface area (TPSA) is 59.0 Å². The Morgan fingerprint density at radius 2 is 2.29 bits per heavy atom. The van der Waals surface area contributed by atoms with Gasteiger partial charge in [0, 0.05) is 4.47 Å². The maximum Gasteiger partial charge on any atom is 0.174 e. The number of ether oxygens (including phenoxy) is 1. The van der Waals surface area contributed by atoms with E-state index in [1.165, 1.54) is 0 Å². The highest BCUT2D eigenvalue weighted by Gasteiger charge is 2.03. The van der Waals surface area contributed by atoms with E-state index in [0.717, 1.165) is 22.2 Å². The molecule has 2 N–H and O–H groups in total. The van der Waals surface area contributed by atoms with Crippen LogP contribution in [-0.2, 0) is 6.42 Å². The number of halogens is 1. The highest BCUT2D eigenvalue weighted by Crippen LogP contribution is 2.23. The smallest absolute Gasteiger partial charge is 0.174 e. The van der Waals surface area contributed by atoms with Gasteiger partial charge in [0.05, 0.1) is 0 Å². The Morgan fingerprint density at radius 1 is 1.50 bits per heavy atom. The summed E-state index contributed by atoms with van der Waals surface area (Å²) in [5.41, 5.74) is 6.50. The third-order valence-corrected chi connectivity index (χ3v) is 2.22. The van der Waals surface area contributed by atoms with Crippen molar-refractivity contribution >= 4 is 15.9 Å². The molecule has 0 aromatic heterocycles. The zero-order chi connectivity index (χ0) is 10.4. The van der Waals surface area contributed by atoms with Crippen LogP contribution in [0.25, 0.3) is 0 Å². The Bertz CT molecular complexity index is 346. The fourth-order valence-electron chi connectivity index (χ4n) is 1.15. The predicted octanol–water partition coefficient (Wildman–Crippen LogP) is 1.85. The molecule has 3 nitrogen and oxygen atoms in total. The summed E-state index contributed by atoms with van der Waals surface area (Å²) >= 11 is 3.37. The molecule has 0 amide bonds. The van der Waals surface area contributed by atoms with Crippen LogP contribution in [-0.4, -0.2) is 13.2 Å². The zero-order valence-electron chi connectivity index (χ0n) is 7.66. The lowest BCUT2D eigenvalue weighted by Gasteiger charge is -2.08. The van der Waals surface area contributed by atoms with Gasteiger partial charge in [-0.05, 0) is 36.7 Å². The molecule has 0 saturated carbocycles. The number of nitrogens with zero attached hydrogens (tertiary/aromatic N) is 1. The van der Waals surface area contributed by atoms with Crippen molar-refractivity contribution in [1.29, 1.82) is 5.26 Å². The van der Waals surface area contributed by atoms with E-state index >= 15 is 0 Å². The molecule has 0 heterocycles. The van der Waals surface area contributed by atoms with Gasteiger partial charge in [-0.2, -0.15) is 5.26 Å². The summed E-state index contributed by atoms with van der Waals surface area (Å²) in [6, 6.07) is 7.61. The van der Waals surface area contributed by atoms with Gasteiger partial charge in [-0.25, -0.2) is 0 Å². The second kappa shape index (κ2) is 5.63. The van der Waals surface area contributed by atoms with Gasteiger partial charge < -0.3 is 10.5 Å². The van der Waals surface area contributed by atoms with Crippen LogP contribution in [0.15, 0.2) is 22.7 Å². The van der Waals surface area contributed by atoms with Crippen LogP contribution in [0.3, 0.4) is 0 Å². The summed E-state index contributed by atoms with van der Waals surface area (Å²) in [6.07, 6.45) is 0.750. The van der Waals surface area contributed by atoms with E-state index in [2.05, 4.69) is 15.9 Å². The van der Waals surface area contributed by atoms with Crippen molar-refractivity contribution in [1.82, 2.24) is 0 Å². The number of benzene rings is 1. The molecule has 0 aliphatic heterocycles. The monoisotopic (exact) mass is 254 g/mol. The lowest BCUT2D eigenvalue weighted by Crippen LogP contribution is -2.05. The van der Waals surface area contributed by atoms with Crippen molar-refractivity contribution in [3.8, 4) is 11.8 Å². The minimum atomic E-state index is 0.0687. The second-order valence-electron chi connectivity index (χ2n) is 2.74. The summed E-state index contributed by atoms with van der Waals surface area (Å²) in [5.74, 6) is 0.736. The van der Waals surface area contributed by atoms with Crippen molar-refractivity contribution in [2.45, 2.75) is 6.42 Å². The lowest BCUT2D eigenvalue weighted by molar-refractivity contribution is 0.364. The van der Waals surface area contributed by atoms with E-state index in [9.17, 15) is 0 Å². The zero-order valence-corrected chi connectivity index (χ0v) is 9.25. The highest BCUT2D eigenvalue weighted by atomic mass is 79.9. The van der Waals surface area contributed by atoms with Crippen LogP contribution < -0.4 is 10.5 Å². The Labute approximate surface area is 91.6 Å². The average molecular weight is 255 g/mol. The molecular weight excluding hydrogens is 244 g/mol. The molecule has 1 aromatic carbocycles. The lowest BCUT2D eigenvalue weighted by atomic mass is 10.1. The van der Waals surface area contributed by atoms with E-state index in [4.69, 9.17) is 15.7 Å². The Morgan fingerprint density at radius 3 is 2.93 bits per heavy atom. The van der Waals surface area contributed by atoms with E-state index < -0.39 is 0 Å². The Balaban J connectivity index is 2.85. The third kappa shape index (κ3) is 3.02. The van der Waals surface area contributed by atoms with E-state index in [0.29, 0.717) is 6.54 Å². The van der Waals surface area contributed by atoms with Crippen LogP contribution in [0.5, 0.6) is 5.75 Å². The number of hydrogen-bond acceptors (Lipinski definition) is 3. The fraction of sp³-hybridized carbons (Fsp3) is 0.300. The Kier molecular flexibility index (Phi) is 4.44. The maximum absolute atomic E-state index is 8.39. The molecule has 0 radical (unpaired) electrons. The van der Waals surface area contributed by atoms with Crippen molar-refractivity contribution in [3.63, 3.8) is 0 Å². The van der Waals surface area contributed by atoms with Gasteiger partial charge in [-0.1, -0.05) is 15.9 Å². The molecule has 14 heavy (non-hydrogen) atoms. The molecule has 0 spiro atoms. The van der Waals surface area contributed by atoms with Crippen LogP contribution in [0.2, 0.25) is 0 Å². The number of nitrogens with two attached hydrogens (primary N) is 1. The van der Waals surface area contributed by atoms with Gasteiger partial charge in [-0.15, -0.1) is 0 Å². The quantitative estimate of drug-likeness (QED) is 0.893. The highest BCUT2D eigenvalue weighted by molar-refractivity contribution is 9.10. The summed E-state index contributed by atoms with van der Waals surface area (Å²) in [5, 5.41) is 8.39. The molecule has 0 aliphatic rings. The first-order chi connectivity index (χ1) is 6.77. The molecule has 74 valence electrons. The van der Waals surface area contributed by atoms with Gasteiger partial charge >= 0.3 is 0 Å². The largest absolute Gasteiger partial charge is 0.478 e. The minimum absolute atomic E-state index is 0.0687. The SMILES string of the molecule is N#CCOc1ccc(Br)cc1CCN. The van der Waals surface area contributed by atoms with Gasteiger partial charge in [0.25, 0.3) is 0 Å². The molecule has 0 aliphatic carbocycles. The molecule has 4 heteroatoms. The van der Waals surface area contributed by atoms with Gasteiger partial charge in [0.2, 0.25) is 0 Å².